The predicted molar refractivity (Wildman–Crippen MR) is 78.9 cm³/mol. The van der Waals surface area contributed by atoms with Crippen LogP contribution in [0.15, 0.2) is 23.1 Å². The highest BCUT2D eigenvalue weighted by Gasteiger charge is 2.21. The van der Waals surface area contributed by atoms with Crippen molar-refractivity contribution in [3.63, 3.8) is 0 Å². The Labute approximate surface area is 118 Å². The summed E-state index contributed by atoms with van der Waals surface area (Å²) in [6.07, 6.45) is 5.18. The molecule has 0 aliphatic carbocycles. The molecule has 2 aromatic rings. The first-order chi connectivity index (χ1) is 9.61. The molecule has 0 amide bonds. The van der Waals surface area contributed by atoms with Crippen molar-refractivity contribution >= 4 is 5.65 Å². The summed E-state index contributed by atoms with van der Waals surface area (Å²) in [5.41, 5.74) is 0.723. The minimum atomic E-state index is 0.00768. The van der Waals surface area contributed by atoms with E-state index in [1.54, 1.807) is 18.3 Å². The normalized spacial score (nSPS) is 18.1. The van der Waals surface area contributed by atoms with Crippen molar-refractivity contribution in [2.45, 2.75) is 39.2 Å². The molecule has 0 aromatic carbocycles. The van der Waals surface area contributed by atoms with Gasteiger partial charge in [0.2, 0.25) is 0 Å². The molecule has 1 saturated heterocycles. The molecule has 0 bridgehead atoms. The van der Waals surface area contributed by atoms with E-state index in [0.29, 0.717) is 17.6 Å². The van der Waals surface area contributed by atoms with Gasteiger partial charge in [-0.05, 0) is 45.7 Å². The Kier molecular flexibility index (Phi) is 3.61. The molecule has 0 unspecified atom stereocenters. The minimum absolute atomic E-state index is 0.00768. The van der Waals surface area contributed by atoms with E-state index in [0.717, 1.165) is 12.2 Å². The highest BCUT2D eigenvalue weighted by atomic mass is 16.1. The van der Waals surface area contributed by atoms with E-state index in [9.17, 15) is 4.79 Å². The third kappa shape index (κ3) is 2.77. The summed E-state index contributed by atoms with van der Waals surface area (Å²) in [4.78, 5) is 18.4. The number of nitrogens with one attached hydrogen (secondary N) is 1. The highest BCUT2D eigenvalue weighted by molar-refractivity contribution is 5.36. The van der Waals surface area contributed by atoms with Crippen LogP contribution in [0.4, 0.5) is 0 Å². The first-order valence-corrected chi connectivity index (χ1v) is 7.43. The smallest absolute Gasteiger partial charge is 0.183 e. The molecule has 1 aliphatic rings. The fourth-order valence-corrected chi connectivity index (χ4v) is 2.99. The van der Waals surface area contributed by atoms with Crippen molar-refractivity contribution in [3.8, 4) is 0 Å². The van der Waals surface area contributed by atoms with Gasteiger partial charge in [-0.3, -0.25) is 9.89 Å². The molecular weight excluding hydrogens is 252 g/mol. The van der Waals surface area contributed by atoms with Gasteiger partial charge >= 0.3 is 0 Å². The van der Waals surface area contributed by atoms with Gasteiger partial charge in [-0.2, -0.15) is 0 Å². The maximum atomic E-state index is 11.3. The summed E-state index contributed by atoms with van der Waals surface area (Å²) in [6.45, 7) is 6.88. The molecule has 0 spiro atoms. The fraction of sp³-hybridized carbons (Fsp3) is 0.600. The van der Waals surface area contributed by atoms with Gasteiger partial charge in [-0.1, -0.05) is 0 Å². The molecule has 2 aromatic heterocycles. The van der Waals surface area contributed by atoms with Crippen molar-refractivity contribution in [1.29, 1.82) is 0 Å². The number of likely N-dealkylation sites (tertiary alicyclic amines) is 1. The number of hydrogen-bond acceptors (Lipinski definition) is 3. The number of nitrogens with zero attached hydrogens (tertiary/aromatic N) is 3. The van der Waals surface area contributed by atoms with Gasteiger partial charge in [-0.25, -0.2) is 9.50 Å². The van der Waals surface area contributed by atoms with Crippen LogP contribution in [0, 0.1) is 5.92 Å². The molecule has 1 N–H and O–H groups in total. The van der Waals surface area contributed by atoms with Crippen molar-refractivity contribution in [2.24, 2.45) is 5.92 Å². The van der Waals surface area contributed by atoms with Gasteiger partial charge in [-0.15, -0.1) is 0 Å². The third-order valence-electron chi connectivity index (χ3n) is 4.27. The average Bonchev–Trinajstić information content (AvgIpc) is 2.80. The maximum absolute atomic E-state index is 11.3. The summed E-state index contributed by atoms with van der Waals surface area (Å²) in [5.74, 6) is 1.68. The van der Waals surface area contributed by atoms with Crippen molar-refractivity contribution in [3.05, 3.63) is 34.4 Å². The van der Waals surface area contributed by atoms with Gasteiger partial charge in [0.15, 0.2) is 11.1 Å². The molecule has 5 nitrogen and oxygen atoms in total. The molecule has 0 radical (unpaired) electrons. The highest BCUT2D eigenvalue weighted by Crippen LogP contribution is 2.21. The van der Waals surface area contributed by atoms with Crippen LogP contribution >= 0.6 is 0 Å². The SMILES string of the molecule is CC(C)N1CCC(Cc2nc3cc(=O)ccn3[nH]2)CC1. The first kappa shape index (κ1) is 13.4. The second kappa shape index (κ2) is 5.40. The van der Waals surface area contributed by atoms with Crippen LogP contribution in [-0.2, 0) is 6.42 Å². The first-order valence-electron chi connectivity index (χ1n) is 7.43. The second-order valence-corrected chi connectivity index (χ2v) is 6.04. The third-order valence-corrected chi connectivity index (χ3v) is 4.27. The van der Waals surface area contributed by atoms with E-state index in [1.807, 2.05) is 4.52 Å². The monoisotopic (exact) mass is 274 g/mol. The number of aromatic nitrogens is 3. The zero-order valence-electron chi connectivity index (χ0n) is 12.2. The predicted octanol–water partition coefficient (Wildman–Crippen LogP) is 1.69. The van der Waals surface area contributed by atoms with E-state index in [-0.39, 0.29) is 5.43 Å². The molecular formula is C15H22N4O. The largest absolute Gasteiger partial charge is 0.301 e. The molecule has 1 fully saturated rings. The molecule has 5 heteroatoms. The molecule has 20 heavy (non-hydrogen) atoms. The summed E-state index contributed by atoms with van der Waals surface area (Å²) < 4.78 is 1.82. The van der Waals surface area contributed by atoms with Gasteiger partial charge in [0.05, 0.1) is 0 Å². The van der Waals surface area contributed by atoms with Crippen LogP contribution < -0.4 is 5.43 Å². The Hall–Kier alpha value is -1.62. The van der Waals surface area contributed by atoms with Gasteiger partial charge in [0, 0.05) is 30.8 Å². The summed E-state index contributed by atoms with van der Waals surface area (Å²) >= 11 is 0. The molecule has 1 aliphatic heterocycles. The average molecular weight is 274 g/mol. The minimum Gasteiger partial charge on any atom is -0.301 e. The molecule has 3 heterocycles. The zero-order valence-corrected chi connectivity index (χ0v) is 12.2. The van der Waals surface area contributed by atoms with Gasteiger partial charge < -0.3 is 4.90 Å². The number of piperidine rings is 1. The lowest BCUT2D eigenvalue weighted by Crippen LogP contribution is -2.38. The van der Waals surface area contributed by atoms with Gasteiger partial charge in [0.1, 0.15) is 5.82 Å². The number of hydrogen-bond donors (Lipinski definition) is 1. The van der Waals surface area contributed by atoms with Crippen LogP contribution in [0.2, 0.25) is 0 Å². The Morgan fingerprint density at radius 2 is 2.15 bits per heavy atom. The van der Waals surface area contributed by atoms with E-state index in [2.05, 4.69) is 28.8 Å². The molecule has 0 atom stereocenters. The molecule has 108 valence electrons. The van der Waals surface area contributed by atoms with E-state index >= 15 is 0 Å². The van der Waals surface area contributed by atoms with E-state index in [1.165, 1.54) is 25.9 Å². The number of rotatable bonds is 3. The standard InChI is InChI=1S/C15H22N4O/c1-11(2)18-6-3-12(4-7-18)9-14-16-15-10-13(20)5-8-19(15)17-14/h5,8,10-12H,3-4,6-7,9H2,1-2H3,(H,16,17). The lowest BCUT2D eigenvalue weighted by molar-refractivity contribution is 0.148. The van der Waals surface area contributed by atoms with Crippen molar-refractivity contribution in [2.75, 3.05) is 13.1 Å². The van der Waals surface area contributed by atoms with Crippen LogP contribution in [0.1, 0.15) is 32.5 Å². The van der Waals surface area contributed by atoms with Crippen LogP contribution in [-0.4, -0.2) is 38.6 Å². The number of pyridine rings is 1. The Morgan fingerprint density at radius 3 is 2.85 bits per heavy atom. The van der Waals surface area contributed by atoms with Gasteiger partial charge in [0.25, 0.3) is 0 Å². The van der Waals surface area contributed by atoms with Crippen molar-refractivity contribution < 1.29 is 0 Å². The fourth-order valence-electron chi connectivity index (χ4n) is 2.99. The number of aromatic amines is 1. The van der Waals surface area contributed by atoms with Crippen LogP contribution in [0.25, 0.3) is 5.65 Å². The van der Waals surface area contributed by atoms with Crippen molar-refractivity contribution in [1.82, 2.24) is 19.5 Å². The van der Waals surface area contributed by atoms with Crippen LogP contribution in [0.3, 0.4) is 0 Å². The quantitative estimate of drug-likeness (QED) is 0.926. The van der Waals surface area contributed by atoms with E-state index < -0.39 is 0 Å². The number of fused-ring (bicyclic) bond motifs is 1. The topological polar surface area (TPSA) is 53.4 Å². The summed E-state index contributed by atoms with van der Waals surface area (Å²) in [5, 5.41) is 3.26. The lowest BCUT2D eigenvalue weighted by atomic mass is 9.93. The molecule has 3 rings (SSSR count). The zero-order chi connectivity index (χ0) is 14.1. The number of H-pyrrole nitrogens is 1. The second-order valence-electron chi connectivity index (χ2n) is 6.04. The molecule has 0 saturated carbocycles. The maximum Gasteiger partial charge on any atom is 0.183 e. The Bertz CT molecular complexity index is 635. The lowest BCUT2D eigenvalue weighted by Gasteiger charge is -2.34. The van der Waals surface area contributed by atoms with E-state index in [4.69, 9.17) is 0 Å². The Balaban J connectivity index is 1.67. The summed E-state index contributed by atoms with van der Waals surface area (Å²) in [7, 11) is 0. The summed E-state index contributed by atoms with van der Waals surface area (Å²) in [6, 6.07) is 3.77. The van der Waals surface area contributed by atoms with Crippen LogP contribution in [0.5, 0.6) is 0 Å². The Morgan fingerprint density at radius 1 is 1.40 bits per heavy atom.